The summed E-state index contributed by atoms with van der Waals surface area (Å²) in [6, 6.07) is 18.4. The number of hydrazone groups is 1. The summed E-state index contributed by atoms with van der Waals surface area (Å²) in [6.07, 6.45) is 6.21. The summed E-state index contributed by atoms with van der Waals surface area (Å²) in [5.41, 5.74) is 4.32. The standard InChI is InChI=1S/C31H33N7O4S/c1-31(2,3)27-18-24(20-37(36-27)25-8-4-22(5-9-25)19-38-29(40)35-30(41)43-38)34-28(39)33-23-6-10-26(11-7-23)42-17-14-21-12-15-32-16-13-21/h4-13,15-16,18H,14,17,19-20H2,1-3H3,(H2,33,34,39)(H,35,40,41). The van der Waals surface area contributed by atoms with Crippen LogP contribution in [0.1, 0.15) is 31.9 Å². The van der Waals surface area contributed by atoms with E-state index in [1.54, 1.807) is 24.5 Å². The number of aromatic amines is 1. The van der Waals surface area contributed by atoms with E-state index < -0.39 is 5.69 Å². The summed E-state index contributed by atoms with van der Waals surface area (Å²) in [4.78, 5) is 42.1. The minimum absolute atomic E-state index is 0.262. The Morgan fingerprint density at radius 3 is 2.35 bits per heavy atom. The molecule has 0 unspecified atom stereocenters. The molecule has 43 heavy (non-hydrogen) atoms. The van der Waals surface area contributed by atoms with Crippen LogP contribution in [-0.4, -0.2) is 38.8 Å². The number of carbonyl (C=O) groups excluding carboxylic acids is 1. The van der Waals surface area contributed by atoms with Crippen molar-refractivity contribution in [1.29, 1.82) is 0 Å². The first-order valence-electron chi connectivity index (χ1n) is 13.8. The van der Waals surface area contributed by atoms with Crippen LogP contribution in [0.4, 0.5) is 16.2 Å². The molecule has 0 aliphatic carbocycles. The first-order chi connectivity index (χ1) is 20.6. The van der Waals surface area contributed by atoms with Crippen LogP contribution >= 0.6 is 11.5 Å². The van der Waals surface area contributed by atoms with Gasteiger partial charge in [-0.2, -0.15) is 5.10 Å². The van der Waals surface area contributed by atoms with Crippen LogP contribution < -0.4 is 30.9 Å². The highest BCUT2D eigenvalue weighted by atomic mass is 32.1. The molecule has 0 radical (unpaired) electrons. The van der Waals surface area contributed by atoms with Crippen LogP contribution in [-0.2, 0) is 13.0 Å². The third-order valence-electron chi connectivity index (χ3n) is 6.61. The van der Waals surface area contributed by atoms with Crippen molar-refractivity contribution in [3.63, 3.8) is 0 Å². The predicted octanol–water partition coefficient (Wildman–Crippen LogP) is 4.59. The van der Waals surface area contributed by atoms with E-state index in [2.05, 4.69) is 41.4 Å². The van der Waals surface area contributed by atoms with Gasteiger partial charge in [-0.1, -0.05) is 32.9 Å². The second kappa shape index (κ2) is 12.9. The number of hydrogen-bond acceptors (Lipinski definition) is 8. The van der Waals surface area contributed by atoms with Gasteiger partial charge in [-0.25, -0.2) is 13.5 Å². The van der Waals surface area contributed by atoms with Crippen LogP contribution in [0.5, 0.6) is 5.75 Å². The number of aromatic nitrogens is 3. The van der Waals surface area contributed by atoms with E-state index in [1.165, 1.54) is 3.96 Å². The van der Waals surface area contributed by atoms with Gasteiger partial charge in [-0.15, -0.1) is 0 Å². The number of rotatable bonds is 9. The second-order valence-electron chi connectivity index (χ2n) is 11.0. The van der Waals surface area contributed by atoms with Crippen molar-refractivity contribution >= 4 is 34.7 Å². The number of anilines is 2. The van der Waals surface area contributed by atoms with Gasteiger partial charge < -0.3 is 15.4 Å². The maximum absolute atomic E-state index is 12.9. The summed E-state index contributed by atoms with van der Waals surface area (Å²) in [5, 5.41) is 12.5. The monoisotopic (exact) mass is 599 g/mol. The number of urea groups is 1. The zero-order valence-corrected chi connectivity index (χ0v) is 25.0. The number of carbonyl (C=O) groups is 1. The molecule has 3 heterocycles. The lowest BCUT2D eigenvalue weighted by molar-refractivity contribution is 0.254. The van der Waals surface area contributed by atoms with Crippen LogP contribution in [0, 0.1) is 5.41 Å². The van der Waals surface area contributed by atoms with Gasteiger partial charge >= 0.3 is 16.6 Å². The Kier molecular flexibility index (Phi) is 8.86. The van der Waals surface area contributed by atoms with Crippen LogP contribution in [0.25, 0.3) is 0 Å². The Labute approximate surface area is 252 Å². The van der Waals surface area contributed by atoms with E-state index in [9.17, 15) is 14.4 Å². The summed E-state index contributed by atoms with van der Waals surface area (Å²) >= 11 is 0.853. The van der Waals surface area contributed by atoms with E-state index in [4.69, 9.17) is 9.84 Å². The molecule has 1 aliphatic heterocycles. The molecule has 1 aliphatic rings. The van der Waals surface area contributed by atoms with Crippen LogP contribution in [0.15, 0.2) is 99.5 Å². The minimum Gasteiger partial charge on any atom is -0.493 e. The molecule has 222 valence electrons. The van der Waals surface area contributed by atoms with Crippen molar-refractivity contribution in [2.45, 2.75) is 33.7 Å². The molecular weight excluding hydrogens is 566 g/mol. The Morgan fingerprint density at radius 1 is 0.977 bits per heavy atom. The molecule has 3 N–H and O–H groups in total. The highest BCUT2D eigenvalue weighted by Crippen LogP contribution is 2.26. The molecule has 2 aromatic carbocycles. The molecular formula is C31H33N7O4S. The van der Waals surface area contributed by atoms with E-state index in [1.807, 2.05) is 59.6 Å². The van der Waals surface area contributed by atoms with Crippen molar-refractivity contribution < 1.29 is 9.53 Å². The Hall–Kier alpha value is -4.97. The topological polar surface area (TPSA) is 134 Å². The van der Waals surface area contributed by atoms with Crippen molar-refractivity contribution in [1.82, 2.24) is 19.2 Å². The van der Waals surface area contributed by atoms with Crippen LogP contribution in [0.2, 0.25) is 0 Å². The number of nitrogens with zero attached hydrogens (tertiary/aromatic N) is 4. The molecule has 0 fully saturated rings. The Balaban J connectivity index is 1.19. The first kappa shape index (κ1) is 29.5. The average molecular weight is 600 g/mol. The number of amides is 2. The number of H-pyrrole nitrogens is 1. The number of pyridine rings is 1. The van der Waals surface area contributed by atoms with Crippen molar-refractivity contribution in [2.75, 3.05) is 23.5 Å². The smallest absolute Gasteiger partial charge is 0.338 e. The van der Waals surface area contributed by atoms with Gasteiger partial charge in [-0.3, -0.25) is 19.8 Å². The summed E-state index contributed by atoms with van der Waals surface area (Å²) in [5.74, 6) is 0.721. The molecule has 12 heteroatoms. The molecule has 0 atom stereocenters. The lowest BCUT2D eigenvalue weighted by Crippen LogP contribution is -2.38. The number of nitrogens with one attached hydrogen (secondary N) is 3. The van der Waals surface area contributed by atoms with Gasteiger partial charge in [0.2, 0.25) is 0 Å². The van der Waals surface area contributed by atoms with E-state index in [0.29, 0.717) is 31.1 Å². The largest absolute Gasteiger partial charge is 0.493 e. The highest BCUT2D eigenvalue weighted by Gasteiger charge is 2.25. The molecule has 0 bridgehead atoms. The van der Waals surface area contributed by atoms with Gasteiger partial charge in [0.1, 0.15) is 5.75 Å². The molecule has 2 aromatic heterocycles. The average Bonchev–Trinajstić information content (AvgIpc) is 3.30. The molecule has 2 amide bonds. The van der Waals surface area contributed by atoms with Crippen molar-refractivity contribution in [3.05, 3.63) is 116 Å². The van der Waals surface area contributed by atoms with E-state index in [-0.39, 0.29) is 16.3 Å². The lowest BCUT2D eigenvalue weighted by Gasteiger charge is -2.30. The highest BCUT2D eigenvalue weighted by molar-refractivity contribution is 7.03. The molecule has 0 saturated heterocycles. The fourth-order valence-electron chi connectivity index (χ4n) is 4.29. The quantitative estimate of drug-likeness (QED) is 0.258. The molecule has 11 nitrogen and oxygen atoms in total. The third-order valence-corrected chi connectivity index (χ3v) is 7.40. The zero-order valence-electron chi connectivity index (χ0n) is 24.2. The first-order valence-corrected chi connectivity index (χ1v) is 14.6. The van der Waals surface area contributed by atoms with Crippen LogP contribution in [0.3, 0.4) is 0 Å². The number of ether oxygens (including phenoxy) is 1. The summed E-state index contributed by atoms with van der Waals surface area (Å²) in [6.45, 7) is 7.38. The maximum Gasteiger partial charge on any atom is 0.338 e. The van der Waals surface area contributed by atoms with Gasteiger partial charge in [0.05, 0.1) is 31.1 Å². The predicted molar refractivity (Wildman–Crippen MR) is 169 cm³/mol. The summed E-state index contributed by atoms with van der Waals surface area (Å²) in [7, 11) is 0. The SMILES string of the molecule is CC(C)(C)C1=NN(c2ccc(Cn3sc(=O)[nH]c3=O)cc2)CC(NC(=O)Nc2ccc(OCCc3ccncc3)cc2)=C1. The van der Waals surface area contributed by atoms with Crippen molar-refractivity contribution in [3.8, 4) is 5.75 Å². The fourth-order valence-corrected chi connectivity index (χ4v) is 4.97. The molecule has 0 spiro atoms. The number of allylic oxidation sites excluding steroid dienone is 1. The fraction of sp³-hybridized carbons (Fsp3) is 0.258. The normalized spacial score (nSPS) is 13.2. The van der Waals surface area contributed by atoms with E-state index >= 15 is 0 Å². The van der Waals surface area contributed by atoms with Crippen molar-refractivity contribution in [2.24, 2.45) is 10.5 Å². The molecule has 0 saturated carbocycles. The Bertz CT molecular complexity index is 1730. The summed E-state index contributed by atoms with van der Waals surface area (Å²) < 4.78 is 7.20. The number of hydrogen-bond donors (Lipinski definition) is 3. The van der Waals surface area contributed by atoms with Gasteiger partial charge in [0, 0.05) is 47.1 Å². The number of benzene rings is 2. The molecule has 4 aromatic rings. The van der Waals surface area contributed by atoms with Gasteiger partial charge in [0.25, 0.3) is 0 Å². The molecule has 5 rings (SSSR count). The minimum atomic E-state index is -0.421. The maximum atomic E-state index is 12.9. The van der Waals surface area contributed by atoms with Gasteiger partial charge in [-0.05, 0) is 65.7 Å². The zero-order chi connectivity index (χ0) is 30.4. The second-order valence-corrected chi connectivity index (χ2v) is 12.0. The Morgan fingerprint density at radius 2 is 1.70 bits per heavy atom. The van der Waals surface area contributed by atoms with E-state index in [0.717, 1.165) is 46.2 Å². The lowest BCUT2D eigenvalue weighted by atomic mass is 9.89. The third kappa shape index (κ3) is 8.07. The van der Waals surface area contributed by atoms with Gasteiger partial charge in [0.15, 0.2) is 0 Å².